The van der Waals surface area contributed by atoms with Gasteiger partial charge in [-0.15, -0.1) is 0 Å². The number of ether oxygens (including phenoxy) is 2. The Labute approximate surface area is 126 Å². The minimum absolute atomic E-state index is 0.198. The van der Waals surface area contributed by atoms with Crippen LogP contribution in [-0.2, 0) is 6.54 Å². The third-order valence-electron chi connectivity index (χ3n) is 3.27. The Balaban J connectivity index is 2.01. The van der Waals surface area contributed by atoms with E-state index in [4.69, 9.17) is 9.47 Å². The van der Waals surface area contributed by atoms with Crippen LogP contribution in [0.25, 0.3) is 0 Å². The number of hydrogen-bond acceptors (Lipinski definition) is 4. The van der Waals surface area contributed by atoms with Gasteiger partial charge in [-0.3, -0.25) is 4.98 Å². The number of nitrogens with one attached hydrogen (secondary N) is 1. The van der Waals surface area contributed by atoms with Gasteiger partial charge >= 0.3 is 0 Å². The van der Waals surface area contributed by atoms with Gasteiger partial charge in [0.15, 0.2) is 11.5 Å². The molecule has 4 nitrogen and oxygen atoms in total. The molecule has 1 atom stereocenters. The van der Waals surface area contributed by atoms with Gasteiger partial charge in [-0.1, -0.05) is 12.1 Å². The first-order chi connectivity index (χ1) is 10.2. The third-order valence-corrected chi connectivity index (χ3v) is 3.27. The van der Waals surface area contributed by atoms with Gasteiger partial charge in [0.2, 0.25) is 0 Å². The Kier molecular flexibility index (Phi) is 5.58. The van der Waals surface area contributed by atoms with E-state index in [-0.39, 0.29) is 6.04 Å². The molecule has 0 radical (unpaired) electrons. The average Bonchev–Trinajstić information content (AvgIpc) is 2.54. The van der Waals surface area contributed by atoms with Gasteiger partial charge in [-0.05, 0) is 43.7 Å². The molecule has 0 fully saturated rings. The molecule has 2 rings (SSSR count). The van der Waals surface area contributed by atoms with Crippen LogP contribution >= 0.6 is 0 Å². The van der Waals surface area contributed by atoms with Crippen molar-refractivity contribution in [2.45, 2.75) is 26.4 Å². The molecule has 21 heavy (non-hydrogen) atoms. The van der Waals surface area contributed by atoms with Crippen molar-refractivity contribution in [2.75, 3.05) is 13.7 Å². The fourth-order valence-corrected chi connectivity index (χ4v) is 2.11. The number of nitrogens with zero attached hydrogens (tertiary/aromatic N) is 1. The molecule has 0 aliphatic heterocycles. The number of aromatic nitrogens is 1. The molecular formula is C17H22N2O2. The summed E-state index contributed by atoms with van der Waals surface area (Å²) in [6.45, 7) is 5.45. The van der Waals surface area contributed by atoms with Crippen molar-refractivity contribution in [1.29, 1.82) is 0 Å². The van der Waals surface area contributed by atoms with Crippen molar-refractivity contribution in [2.24, 2.45) is 0 Å². The van der Waals surface area contributed by atoms with E-state index in [0.717, 1.165) is 29.3 Å². The van der Waals surface area contributed by atoms with Crippen molar-refractivity contribution < 1.29 is 9.47 Å². The maximum atomic E-state index is 5.59. The summed E-state index contributed by atoms with van der Waals surface area (Å²) in [5.41, 5.74) is 2.19. The number of pyridine rings is 1. The van der Waals surface area contributed by atoms with E-state index in [0.29, 0.717) is 6.61 Å². The molecule has 1 heterocycles. The summed E-state index contributed by atoms with van der Waals surface area (Å²) in [5, 5.41) is 3.46. The second-order valence-corrected chi connectivity index (χ2v) is 4.78. The van der Waals surface area contributed by atoms with Gasteiger partial charge in [0.25, 0.3) is 0 Å². The first-order valence-corrected chi connectivity index (χ1v) is 7.18. The first kappa shape index (κ1) is 15.3. The summed E-state index contributed by atoms with van der Waals surface area (Å²) in [6.07, 6.45) is 1.81. The third kappa shape index (κ3) is 4.20. The molecule has 0 aliphatic rings. The second kappa shape index (κ2) is 7.64. The molecule has 0 spiro atoms. The maximum Gasteiger partial charge on any atom is 0.161 e. The number of methoxy groups -OCH3 is 1. The van der Waals surface area contributed by atoms with E-state index < -0.39 is 0 Å². The quantitative estimate of drug-likeness (QED) is 0.847. The Hall–Kier alpha value is -2.07. The predicted molar refractivity (Wildman–Crippen MR) is 83.7 cm³/mol. The molecule has 1 aromatic carbocycles. The van der Waals surface area contributed by atoms with Crippen LogP contribution in [0, 0.1) is 0 Å². The molecule has 4 heteroatoms. The van der Waals surface area contributed by atoms with Crippen LogP contribution in [0.2, 0.25) is 0 Å². The van der Waals surface area contributed by atoms with E-state index in [1.807, 2.05) is 49.5 Å². The van der Waals surface area contributed by atoms with E-state index in [9.17, 15) is 0 Å². The molecule has 0 bridgehead atoms. The van der Waals surface area contributed by atoms with E-state index in [1.54, 1.807) is 7.11 Å². The lowest BCUT2D eigenvalue weighted by Gasteiger charge is -2.15. The highest BCUT2D eigenvalue weighted by Crippen LogP contribution is 2.28. The molecule has 0 unspecified atom stereocenters. The van der Waals surface area contributed by atoms with Crippen LogP contribution in [-0.4, -0.2) is 18.7 Å². The Morgan fingerprint density at radius 1 is 1.19 bits per heavy atom. The van der Waals surface area contributed by atoms with Crippen molar-refractivity contribution in [3.63, 3.8) is 0 Å². The molecule has 1 aromatic heterocycles. The fourth-order valence-electron chi connectivity index (χ4n) is 2.11. The van der Waals surface area contributed by atoms with Crippen LogP contribution in [0.15, 0.2) is 42.6 Å². The zero-order valence-electron chi connectivity index (χ0n) is 12.8. The standard InChI is InChI=1S/C17H22N2O2/c1-4-21-17-11-14(8-9-16(17)20-3)12-19-13(2)15-7-5-6-10-18-15/h5-11,13,19H,4,12H2,1-3H3/t13-/m0/s1. The molecule has 2 aromatic rings. The fraction of sp³-hybridized carbons (Fsp3) is 0.353. The Bertz CT molecular complexity index is 558. The van der Waals surface area contributed by atoms with Crippen LogP contribution < -0.4 is 14.8 Å². The van der Waals surface area contributed by atoms with Crippen LogP contribution in [0.5, 0.6) is 11.5 Å². The summed E-state index contributed by atoms with van der Waals surface area (Å²) in [5.74, 6) is 1.54. The van der Waals surface area contributed by atoms with E-state index >= 15 is 0 Å². The van der Waals surface area contributed by atoms with Gasteiger partial charge < -0.3 is 14.8 Å². The highest BCUT2D eigenvalue weighted by molar-refractivity contribution is 5.43. The monoisotopic (exact) mass is 286 g/mol. The van der Waals surface area contributed by atoms with E-state index in [2.05, 4.69) is 17.2 Å². The summed E-state index contributed by atoms with van der Waals surface area (Å²) in [4.78, 5) is 4.36. The lowest BCUT2D eigenvalue weighted by atomic mass is 10.1. The Morgan fingerprint density at radius 3 is 2.71 bits per heavy atom. The molecule has 0 saturated carbocycles. The Morgan fingerprint density at radius 2 is 2.05 bits per heavy atom. The first-order valence-electron chi connectivity index (χ1n) is 7.18. The van der Waals surface area contributed by atoms with Crippen LogP contribution in [0.3, 0.4) is 0 Å². The van der Waals surface area contributed by atoms with Crippen molar-refractivity contribution in [3.8, 4) is 11.5 Å². The zero-order valence-corrected chi connectivity index (χ0v) is 12.8. The van der Waals surface area contributed by atoms with Crippen LogP contribution in [0.4, 0.5) is 0 Å². The maximum absolute atomic E-state index is 5.59. The molecule has 1 N–H and O–H groups in total. The minimum atomic E-state index is 0.198. The lowest BCUT2D eigenvalue weighted by molar-refractivity contribution is 0.310. The van der Waals surface area contributed by atoms with Gasteiger partial charge in [0, 0.05) is 18.8 Å². The summed E-state index contributed by atoms with van der Waals surface area (Å²) >= 11 is 0. The second-order valence-electron chi connectivity index (χ2n) is 4.78. The van der Waals surface area contributed by atoms with Gasteiger partial charge in [0.1, 0.15) is 0 Å². The molecular weight excluding hydrogens is 264 g/mol. The van der Waals surface area contributed by atoms with Crippen molar-refractivity contribution in [3.05, 3.63) is 53.9 Å². The normalized spacial score (nSPS) is 12.0. The van der Waals surface area contributed by atoms with Crippen LogP contribution in [0.1, 0.15) is 31.1 Å². The average molecular weight is 286 g/mol. The predicted octanol–water partition coefficient (Wildman–Crippen LogP) is 3.34. The highest BCUT2D eigenvalue weighted by Gasteiger charge is 2.08. The summed E-state index contributed by atoms with van der Waals surface area (Å²) in [6, 6.07) is 12.1. The SMILES string of the molecule is CCOc1cc(CN[C@@H](C)c2ccccn2)ccc1OC. The topological polar surface area (TPSA) is 43.4 Å². The number of benzene rings is 1. The largest absolute Gasteiger partial charge is 0.493 e. The number of rotatable bonds is 7. The van der Waals surface area contributed by atoms with Gasteiger partial charge in [0.05, 0.1) is 19.4 Å². The molecule has 0 aliphatic carbocycles. The molecule has 112 valence electrons. The van der Waals surface area contributed by atoms with Gasteiger partial charge in [-0.25, -0.2) is 0 Å². The molecule has 0 saturated heterocycles. The summed E-state index contributed by atoms with van der Waals surface area (Å²) in [7, 11) is 1.65. The molecule has 0 amide bonds. The smallest absolute Gasteiger partial charge is 0.161 e. The minimum Gasteiger partial charge on any atom is -0.493 e. The lowest BCUT2D eigenvalue weighted by Crippen LogP contribution is -2.19. The van der Waals surface area contributed by atoms with Crippen molar-refractivity contribution >= 4 is 0 Å². The van der Waals surface area contributed by atoms with E-state index in [1.165, 1.54) is 0 Å². The van der Waals surface area contributed by atoms with Gasteiger partial charge in [-0.2, -0.15) is 0 Å². The number of hydrogen-bond donors (Lipinski definition) is 1. The summed E-state index contributed by atoms with van der Waals surface area (Å²) < 4.78 is 10.9. The zero-order chi connectivity index (χ0) is 15.1. The van der Waals surface area contributed by atoms with Crippen molar-refractivity contribution in [1.82, 2.24) is 10.3 Å². The highest BCUT2D eigenvalue weighted by atomic mass is 16.5.